The first-order valence-electron chi connectivity index (χ1n) is 7.55. The summed E-state index contributed by atoms with van der Waals surface area (Å²) in [5.41, 5.74) is -0.185. The summed E-state index contributed by atoms with van der Waals surface area (Å²) in [4.78, 5) is 27.2. The number of ether oxygens (including phenoxy) is 2. The van der Waals surface area contributed by atoms with E-state index in [0.717, 1.165) is 11.3 Å². The number of carbonyl (C=O) groups is 2. The quantitative estimate of drug-likeness (QED) is 0.575. The van der Waals surface area contributed by atoms with Crippen LogP contribution in [-0.2, 0) is 19.6 Å². The third-order valence-electron chi connectivity index (χ3n) is 2.81. The van der Waals surface area contributed by atoms with Crippen molar-refractivity contribution in [3.63, 3.8) is 0 Å². The summed E-state index contributed by atoms with van der Waals surface area (Å²) < 4.78 is 33.2. The first-order valence-corrected chi connectivity index (χ1v) is 9.91. The zero-order chi connectivity index (χ0) is 19.5. The zero-order valence-corrected chi connectivity index (χ0v) is 16.1. The van der Waals surface area contributed by atoms with Gasteiger partial charge < -0.3 is 14.8 Å². The lowest BCUT2D eigenvalue weighted by Crippen LogP contribution is -2.34. The largest absolute Gasteiger partial charge is 0.444 e. The molecule has 0 aliphatic heterocycles. The van der Waals surface area contributed by atoms with Gasteiger partial charge in [-0.15, -0.1) is 11.3 Å². The molecule has 0 saturated heterocycles. The molecule has 0 bridgehead atoms. The SMILES string of the molecule is CC(C)(C)OC(=O)NCCC(=O)Oc1ccc2nc(S(N)(=O)=O)sc2c1. The van der Waals surface area contributed by atoms with Crippen LogP contribution >= 0.6 is 11.3 Å². The average molecular weight is 401 g/mol. The number of benzene rings is 1. The highest BCUT2D eigenvalue weighted by molar-refractivity contribution is 7.91. The van der Waals surface area contributed by atoms with Gasteiger partial charge in [-0.3, -0.25) is 4.79 Å². The number of esters is 1. The van der Waals surface area contributed by atoms with Crippen LogP contribution in [0.2, 0.25) is 0 Å². The predicted molar refractivity (Wildman–Crippen MR) is 95.5 cm³/mol. The molecule has 26 heavy (non-hydrogen) atoms. The van der Waals surface area contributed by atoms with Crippen LogP contribution in [0.5, 0.6) is 5.75 Å². The van der Waals surface area contributed by atoms with E-state index in [1.54, 1.807) is 20.8 Å². The summed E-state index contributed by atoms with van der Waals surface area (Å²) in [5, 5.41) is 7.50. The number of nitrogens with zero attached hydrogens (tertiary/aromatic N) is 1. The lowest BCUT2D eigenvalue weighted by molar-refractivity contribution is -0.134. The van der Waals surface area contributed by atoms with E-state index in [4.69, 9.17) is 14.6 Å². The van der Waals surface area contributed by atoms with Crippen molar-refractivity contribution in [1.82, 2.24) is 10.3 Å². The van der Waals surface area contributed by atoms with Gasteiger partial charge in [0.05, 0.1) is 16.6 Å². The number of nitrogens with one attached hydrogen (secondary N) is 1. The second-order valence-corrected chi connectivity index (χ2v) is 9.07. The van der Waals surface area contributed by atoms with Crippen LogP contribution in [0.4, 0.5) is 4.79 Å². The molecule has 0 fully saturated rings. The van der Waals surface area contributed by atoms with E-state index in [-0.39, 0.29) is 23.1 Å². The highest BCUT2D eigenvalue weighted by Gasteiger charge is 2.17. The van der Waals surface area contributed by atoms with Crippen LogP contribution in [0.15, 0.2) is 22.5 Å². The van der Waals surface area contributed by atoms with Crippen LogP contribution in [0.1, 0.15) is 27.2 Å². The van der Waals surface area contributed by atoms with Crippen molar-refractivity contribution in [1.29, 1.82) is 0 Å². The fraction of sp³-hybridized carbons (Fsp3) is 0.400. The van der Waals surface area contributed by atoms with Crippen LogP contribution in [-0.4, -0.2) is 37.6 Å². The Labute approximate surface area is 154 Å². The van der Waals surface area contributed by atoms with Crippen LogP contribution < -0.4 is 15.2 Å². The van der Waals surface area contributed by atoms with Gasteiger partial charge in [-0.1, -0.05) is 0 Å². The monoisotopic (exact) mass is 401 g/mol. The van der Waals surface area contributed by atoms with Gasteiger partial charge >= 0.3 is 12.1 Å². The molecule has 3 N–H and O–H groups in total. The van der Waals surface area contributed by atoms with E-state index in [1.165, 1.54) is 18.2 Å². The second kappa shape index (κ2) is 7.56. The fourth-order valence-electron chi connectivity index (χ4n) is 1.83. The van der Waals surface area contributed by atoms with Crippen molar-refractivity contribution in [3.8, 4) is 5.75 Å². The van der Waals surface area contributed by atoms with Gasteiger partial charge in [0.25, 0.3) is 10.0 Å². The lowest BCUT2D eigenvalue weighted by Gasteiger charge is -2.19. The maximum atomic E-state index is 11.8. The second-order valence-electron chi connectivity index (χ2n) is 6.31. The Hall–Kier alpha value is -2.24. The standard InChI is InChI=1S/C15H19N3O6S2/c1-15(2,3)24-13(20)17-7-6-12(19)23-9-4-5-10-11(8-9)25-14(18-10)26(16,21)22/h4-5,8H,6-7H2,1-3H3,(H,17,20)(H2,16,21,22). The van der Waals surface area contributed by atoms with Crippen LogP contribution in [0, 0.1) is 0 Å². The van der Waals surface area contributed by atoms with Gasteiger partial charge in [-0.25, -0.2) is 23.3 Å². The highest BCUT2D eigenvalue weighted by atomic mass is 32.2. The number of rotatable bonds is 5. The molecule has 0 unspecified atom stereocenters. The Balaban J connectivity index is 1.92. The van der Waals surface area contributed by atoms with Gasteiger partial charge in [0.2, 0.25) is 4.34 Å². The van der Waals surface area contributed by atoms with Gasteiger partial charge in [0.15, 0.2) is 0 Å². The molecular formula is C15H19N3O6S2. The van der Waals surface area contributed by atoms with E-state index < -0.39 is 27.7 Å². The number of fused-ring (bicyclic) bond motifs is 1. The number of hydrogen-bond donors (Lipinski definition) is 2. The smallest absolute Gasteiger partial charge is 0.407 e. The minimum atomic E-state index is -3.89. The van der Waals surface area contributed by atoms with E-state index in [0.29, 0.717) is 10.2 Å². The maximum Gasteiger partial charge on any atom is 0.407 e. The third-order valence-corrected chi connectivity index (χ3v) is 5.15. The van der Waals surface area contributed by atoms with Gasteiger partial charge in [-0.2, -0.15) is 0 Å². The molecule has 2 rings (SSSR count). The van der Waals surface area contributed by atoms with E-state index >= 15 is 0 Å². The fourth-order valence-corrected chi connectivity index (χ4v) is 3.52. The molecule has 11 heteroatoms. The number of alkyl carbamates (subject to hydrolysis) is 1. The summed E-state index contributed by atoms with van der Waals surface area (Å²) in [7, 11) is -3.89. The van der Waals surface area contributed by atoms with Crippen LogP contribution in [0.3, 0.4) is 0 Å². The van der Waals surface area contributed by atoms with Gasteiger partial charge in [-0.05, 0) is 32.9 Å². The molecule has 0 radical (unpaired) electrons. The Morgan fingerprint density at radius 1 is 1.31 bits per heavy atom. The van der Waals surface area contributed by atoms with Crippen LogP contribution in [0.25, 0.3) is 10.2 Å². The molecule has 0 aliphatic carbocycles. The first kappa shape index (κ1) is 20.1. The normalized spacial score (nSPS) is 12.0. The molecule has 142 valence electrons. The predicted octanol–water partition coefficient (Wildman–Crippen LogP) is 1.76. The van der Waals surface area contributed by atoms with E-state index in [9.17, 15) is 18.0 Å². The number of primary sulfonamides is 1. The number of amides is 1. The molecule has 1 amide bonds. The summed E-state index contributed by atoms with van der Waals surface area (Å²) in [6.07, 6.45) is -0.672. The summed E-state index contributed by atoms with van der Waals surface area (Å²) in [5.74, 6) is -0.319. The molecule has 0 aliphatic rings. The minimum absolute atomic E-state index is 0.0532. The molecule has 0 atom stereocenters. The van der Waals surface area contributed by atoms with Crippen molar-refractivity contribution >= 4 is 43.6 Å². The van der Waals surface area contributed by atoms with Crippen molar-refractivity contribution in [2.45, 2.75) is 37.1 Å². The Bertz CT molecular complexity index is 930. The summed E-state index contributed by atoms with van der Waals surface area (Å²) in [6, 6.07) is 4.52. The van der Waals surface area contributed by atoms with E-state index in [1.807, 2.05) is 0 Å². The molecule has 9 nitrogen and oxygen atoms in total. The molecule has 1 heterocycles. The highest BCUT2D eigenvalue weighted by Crippen LogP contribution is 2.28. The average Bonchev–Trinajstić information content (AvgIpc) is 2.88. The topological polar surface area (TPSA) is 138 Å². The van der Waals surface area contributed by atoms with E-state index in [2.05, 4.69) is 10.3 Å². The Morgan fingerprint density at radius 3 is 2.62 bits per heavy atom. The third kappa shape index (κ3) is 5.93. The first-order chi connectivity index (χ1) is 11.9. The Morgan fingerprint density at radius 2 is 2.00 bits per heavy atom. The Kier molecular flexibility index (Phi) is 5.84. The maximum absolute atomic E-state index is 11.8. The molecular weight excluding hydrogens is 382 g/mol. The van der Waals surface area contributed by atoms with Crippen molar-refractivity contribution in [3.05, 3.63) is 18.2 Å². The zero-order valence-electron chi connectivity index (χ0n) is 14.4. The number of thiazole rings is 1. The summed E-state index contributed by atoms with van der Waals surface area (Å²) in [6.45, 7) is 5.26. The number of carbonyl (C=O) groups excluding carboxylic acids is 2. The summed E-state index contributed by atoms with van der Waals surface area (Å²) >= 11 is 0.884. The van der Waals surface area contributed by atoms with Crippen molar-refractivity contribution in [2.24, 2.45) is 5.14 Å². The van der Waals surface area contributed by atoms with Crippen molar-refractivity contribution in [2.75, 3.05) is 6.54 Å². The lowest BCUT2D eigenvalue weighted by atomic mass is 10.2. The molecule has 0 saturated carbocycles. The molecule has 1 aromatic carbocycles. The van der Waals surface area contributed by atoms with Crippen molar-refractivity contribution < 1.29 is 27.5 Å². The number of sulfonamides is 1. The molecule has 2 aromatic rings. The molecule has 0 spiro atoms. The number of hydrogen-bond acceptors (Lipinski definition) is 8. The number of nitrogens with two attached hydrogens (primary N) is 1. The molecule has 1 aromatic heterocycles. The number of aromatic nitrogens is 1. The minimum Gasteiger partial charge on any atom is -0.444 e. The van der Waals surface area contributed by atoms with Gasteiger partial charge in [0, 0.05) is 12.6 Å². The van der Waals surface area contributed by atoms with Gasteiger partial charge in [0.1, 0.15) is 11.4 Å².